The van der Waals surface area contributed by atoms with Gasteiger partial charge < -0.3 is 25.6 Å². The number of amides is 2. The van der Waals surface area contributed by atoms with Crippen molar-refractivity contribution in [2.45, 2.75) is 135 Å². The molecule has 0 saturated heterocycles. The summed E-state index contributed by atoms with van der Waals surface area (Å²) in [4.78, 5) is 56.4. The van der Waals surface area contributed by atoms with Gasteiger partial charge in [-0.2, -0.15) is 0 Å². The second kappa shape index (κ2) is 23.0. The lowest BCUT2D eigenvalue weighted by atomic mass is 10.0. The molecule has 0 aromatic rings. The molecule has 0 aliphatic rings. The van der Waals surface area contributed by atoms with Crippen molar-refractivity contribution >= 4 is 29.5 Å². The second-order valence-corrected chi connectivity index (χ2v) is 9.64. The lowest BCUT2D eigenvalue weighted by Gasteiger charge is -2.14. The fraction of sp³-hybridized carbons (Fsp3) is 0.815. The third-order valence-electron chi connectivity index (χ3n) is 6.12. The second-order valence-electron chi connectivity index (χ2n) is 9.64. The normalized spacial score (nSPS) is 11.6. The van der Waals surface area contributed by atoms with Gasteiger partial charge in [0, 0.05) is 32.2 Å². The first-order valence-electron chi connectivity index (χ1n) is 13.7. The number of rotatable bonds is 25. The van der Waals surface area contributed by atoms with Crippen molar-refractivity contribution in [2.75, 3.05) is 6.54 Å². The molecule has 0 rings (SSSR count). The summed E-state index contributed by atoms with van der Waals surface area (Å²) in [7, 11) is 0. The molecular formula is C27H48N2O7. The summed E-state index contributed by atoms with van der Waals surface area (Å²) < 4.78 is 0. The summed E-state index contributed by atoms with van der Waals surface area (Å²) in [6.45, 7) is 1.86. The van der Waals surface area contributed by atoms with Gasteiger partial charge in [0.05, 0.1) is 0 Å². The molecule has 36 heavy (non-hydrogen) atoms. The van der Waals surface area contributed by atoms with E-state index in [9.17, 15) is 29.1 Å². The molecular weight excluding hydrogens is 464 g/mol. The zero-order chi connectivity index (χ0) is 27.0. The minimum absolute atomic E-state index is 0.0313. The van der Waals surface area contributed by atoms with E-state index in [1.54, 1.807) is 0 Å². The van der Waals surface area contributed by atoms with Crippen molar-refractivity contribution in [1.82, 2.24) is 10.6 Å². The topological polar surface area (TPSA) is 150 Å². The quantitative estimate of drug-likeness (QED) is 0.129. The van der Waals surface area contributed by atoms with Crippen LogP contribution in [0.3, 0.4) is 0 Å². The molecule has 0 aromatic carbocycles. The van der Waals surface area contributed by atoms with Crippen LogP contribution >= 0.6 is 0 Å². The maximum atomic E-state index is 12.1. The molecule has 0 radical (unpaired) electrons. The molecule has 0 aliphatic heterocycles. The summed E-state index contributed by atoms with van der Waals surface area (Å²) in [5.74, 6) is -2.21. The fourth-order valence-corrected chi connectivity index (χ4v) is 3.93. The lowest BCUT2D eigenvalue weighted by molar-refractivity contribution is -0.142. The van der Waals surface area contributed by atoms with E-state index >= 15 is 0 Å². The number of aliphatic carboxylic acids is 2. The fourth-order valence-electron chi connectivity index (χ4n) is 3.93. The van der Waals surface area contributed by atoms with Gasteiger partial charge in [0.15, 0.2) is 0 Å². The van der Waals surface area contributed by atoms with Crippen LogP contribution in [0.1, 0.15) is 129 Å². The van der Waals surface area contributed by atoms with Gasteiger partial charge in [0.2, 0.25) is 11.8 Å². The largest absolute Gasteiger partial charge is 0.481 e. The van der Waals surface area contributed by atoms with E-state index < -0.39 is 18.0 Å². The van der Waals surface area contributed by atoms with Crippen molar-refractivity contribution in [2.24, 2.45) is 0 Å². The van der Waals surface area contributed by atoms with E-state index in [-0.39, 0.29) is 36.9 Å². The number of carbonyl (C=O) groups is 5. The molecule has 0 aromatic heterocycles. The molecule has 0 heterocycles. The highest BCUT2D eigenvalue weighted by atomic mass is 16.4. The number of nitrogens with one attached hydrogen (secondary N) is 2. The van der Waals surface area contributed by atoms with Gasteiger partial charge in [-0.05, 0) is 39.0 Å². The van der Waals surface area contributed by atoms with Gasteiger partial charge in [0.1, 0.15) is 11.8 Å². The molecule has 9 heteroatoms. The van der Waals surface area contributed by atoms with E-state index in [0.717, 1.165) is 44.9 Å². The van der Waals surface area contributed by atoms with Crippen molar-refractivity contribution in [3.63, 3.8) is 0 Å². The summed E-state index contributed by atoms with van der Waals surface area (Å²) in [6.07, 6.45) is 15.3. The van der Waals surface area contributed by atoms with Crippen LogP contribution < -0.4 is 10.6 Å². The Balaban J connectivity index is 3.66. The monoisotopic (exact) mass is 512 g/mol. The molecule has 9 nitrogen and oxygen atoms in total. The van der Waals surface area contributed by atoms with E-state index in [1.165, 1.54) is 39.0 Å². The predicted octanol–water partition coefficient (Wildman–Crippen LogP) is 4.76. The van der Waals surface area contributed by atoms with E-state index in [0.29, 0.717) is 32.2 Å². The Morgan fingerprint density at radius 3 is 1.56 bits per heavy atom. The minimum atomic E-state index is -1.05. The third kappa shape index (κ3) is 23.3. The van der Waals surface area contributed by atoms with Crippen LogP contribution in [0.2, 0.25) is 0 Å². The average molecular weight is 513 g/mol. The summed E-state index contributed by atoms with van der Waals surface area (Å²) in [6, 6.07) is -0.914. The Morgan fingerprint density at radius 1 is 0.583 bits per heavy atom. The molecule has 0 fully saturated rings. The number of hydrogen-bond donors (Lipinski definition) is 4. The molecule has 4 N–H and O–H groups in total. The Hall–Kier alpha value is -2.45. The molecule has 1 atom stereocenters. The van der Waals surface area contributed by atoms with E-state index in [4.69, 9.17) is 5.11 Å². The Bertz CT molecular complexity index is 652. The van der Waals surface area contributed by atoms with Crippen LogP contribution in [0.5, 0.6) is 0 Å². The van der Waals surface area contributed by atoms with Gasteiger partial charge in [-0.1, -0.05) is 64.2 Å². The molecule has 0 bridgehead atoms. The number of hydrogen-bond acceptors (Lipinski definition) is 5. The number of carboxylic acid groups (broad SMARTS) is 2. The first-order chi connectivity index (χ1) is 17.2. The molecule has 0 unspecified atom stereocenters. The Kier molecular flexibility index (Phi) is 21.4. The summed E-state index contributed by atoms with van der Waals surface area (Å²) in [5.41, 5.74) is 0. The van der Waals surface area contributed by atoms with Crippen molar-refractivity contribution in [3.05, 3.63) is 0 Å². The Labute approximate surface area is 216 Å². The maximum Gasteiger partial charge on any atom is 0.326 e. The smallest absolute Gasteiger partial charge is 0.326 e. The van der Waals surface area contributed by atoms with Crippen LogP contribution in [0.4, 0.5) is 0 Å². The third-order valence-corrected chi connectivity index (χ3v) is 6.12. The van der Waals surface area contributed by atoms with Crippen molar-refractivity contribution < 1.29 is 34.2 Å². The standard InChI is InChI=1S/C27H48N2O7/c1-22(30)19-20-24(31)28-21-15-14-16-23(27(35)36)29-25(32)17-12-10-8-6-4-2-3-5-7-9-11-13-18-26(33)34/h23H,2-21H2,1H3,(H,28,31)(H,29,32)(H,33,34)(H,35,36)/t23-/m0/s1. The van der Waals surface area contributed by atoms with Crippen LogP contribution in [0.15, 0.2) is 0 Å². The highest BCUT2D eigenvalue weighted by Gasteiger charge is 2.19. The molecule has 2 amide bonds. The number of unbranched alkanes of at least 4 members (excludes halogenated alkanes) is 12. The molecule has 0 saturated carbocycles. The number of Topliss-reactive ketones (excluding diaryl/α,β-unsaturated/α-hetero) is 1. The highest BCUT2D eigenvalue weighted by molar-refractivity contribution is 5.84. The van der Waals surface area contributed by atoms with Crippen LogP contribution in [-0.2, 0) is 24.0 Å². The van der Waals surface area contributed by atoms with Gasteiger partial charge in [-0.3, -0.25) is 14.4 Å². The van der Waals surface area contributed by atoms with Gasteiger partial charge >= 0.3 is 11.9 Å². The van der Waals surface area contributed by atoms with Crippen molar-refractivity contribution in [1.29, 1.82) is 0 Å². The minimum Gasteiger partial charge on any atom is -0.481 e. The number of carbonyl (C=O) groups excluding carboxylic acids is 3. The molecule has 0 aliphatic carbocycles. The summed E-state index contributed by atoms with van der Waals surface area (Å²) in [5, 5.41) is 23.3. The SMILES string of the molecule is CC(=O)CCC(=O)NCCCC[C@H](NC(=O)CCCCCCCCCCCCCCC(=O)O)C(=O)O. The molecule has 208 valence electrons. The maximum absolute atomic E-state index is 12.1. The number of carboxylic acids is 2. The Morgan fingerprint density at radius 2 is 1.08 bits per heavy atom. The summed E-state index contributed by atoms with van der Waals surface area (Å²) >= 11 is 0. The first-order valence-corrected chi connectivity index (χ1v) is 13.7. The lowest BCUT2D eigenvalue weighted by Crippen LogP contribution is -2.40. The average Bonchev–Trinajstić information content (AvgIpc) is 2.81. The van der Waals surface area contributed by atoms with Gasteiger partial charge in [0.25, 0.3) is 0 Å². The van der Waals surface area contributed by atoms with Crippen LogP contribution in [0, 0.1) is 0 Å². The zero-order valence-electron chi connectivity index (χ0n) is 22.2. The molecule has 0 spiro atoms. The van der Waals surface area contributed by atoms with Crippen LogP contribution in [0.25, 0.3) is 0 Å². The number of ketones is 1. The first kappa shape index (κ1) is 33.5. The van der Waals surface area contributed by atoms with E-state index in [1.807, 2.05) is 0 Å². The highest BCUT2D eigenvalue weighted by Crippen LogP contribution is 2.13. The van der Waals surface area contributed by atoms with E-state index in [2.05, 4.69) is 10.6 Å². The van der Waals surface area contributed by atoms with Gasteiger partial charge in [-0.15, -0.1) is 0 Å². The van der Waals surface area contributed by atoms with Crippen LogP contribution in [-0.4, -0.2) is 52.3 Å². The van der Waals surface area contributed by atoms with Crippen molar-refractivity contribution in [3.8, 4) is 0 Å². The van der Waals surface area contributed by atoms with Gasteiger partial charge in [-0.25, -0.2) is 4.79 Å². The predicted molar refractivity (Wildman–Crippen MR) is 139 cm³/mol. The zero-order valence-corrected chi connectivity index (χ0v) is 22.2.